The van der Waals surface area contributed by atoms with Gasteiger partial charge in [-0.3, -0.25) is 14.9 Å². The molecule has 1 unspecified atom stereocenters. The van der Waals surface area contributed by atoms with Crippen LogP contribution < -0.4 is 4.90 Å². The fourth-order valence-corrected chi connectivity index (χ4v) is 3.77. The van der Waals surface area contributed by atoms with Gasteiger partial charge in [0.05, 0.1) is 17.4 Å². The zero-order chi connectivity index (χ0) is 19.2. The number of benzene rings is 2. The Balaban J connectivity index is 1.70. The summed E-state index contributed by atoms with van der Waals surface area (Å²) in [6, 6.07) is 16.5. The number of non-ortho nitro benzene ring substituents is 1. The van der Waals surface area contributed by atoms with Crippen LogP contribution in [-0.2, 0) is 9.53 Å². The molecular weight excluding hydrogens is 344 g/mol. The average Bonchev–Trinajstić information content (AvgIpc) is 2.70. The molecule has 6 heteroatoms. The highest BCUT2D eigenvalue weighted by atomic mass is 16.6. The third-order valence-corrected chi connectivity index (χ3v) is 5.14. The van der Waals surface area contributed by atoms with Crippen molar-refractivity contribution in [2.24, 2.45) is 5.92 Å². The van der Waals surface area contributed by atoms with Gasteiger partial charge in [0.25, 0.3) is 5.69 Å². The van der Waals surface area contributed by atoms with Gasteiger partial charge in [-0.15, -0.1) is 0 Å². The molecule has 27 heavy (non-hydrogen) atoms. The van der Waals surface area contributed by atoms with Crippen LogP contribution in [0.1, 0.15) is 31.2 Å². The topological polar surface area (TPSA) is 72.7 Å². The molecule has 0 radical (unpaired) electrons. The minimum absolute atomic E-state index is 0.0973. The number of esters is 1. The quantitative estimate of drug-likeness (QED) is 0.435. The van der Waals surface area contributed by atoms with Crippen LogP contribution in [0.2, 0.25) is 0 Å². The van der Waals surface area contributed by atoms with Crippen molar-refractivity contribution < 1.29 is 14.5 Å². The van der Waals surface area contributed by atoms with E-state index >= 15 is 0 Å². The van der Waals surface area contributed by atoms with Crippen LogP contribution in [0.15, 0.2) is 54.6 Å². The smallest absolute Gasteiger partial charge is 0.313 e. The highest BCUT2D eigenvalue weighted by Crippen LogP contribution is 2.35. The fourth-order valence-electron chi connectivity index (χ4n) is 3.77. The van der Waals surface area contributed by atoms with E-state index in [2.05, 4.69) is 4.90 Å². The Morgan fingerprint density at radius 2 is 1.78 bits per heavy atom. The van der Waals surface area contributed by atoms with E-state index in [1.54, 1.807) is 12.1 Å². The summed E-state index contributed by atoms with van der Waals surface area (Å²) in [4.78, 5) is 25.2. The van der Waals surface area contributed by atoms with Crippen LogP contribution in [0, 0.1) is 16.0 Å². The third-order valence-electron chi connectivity index (χ3n) is 5.14. The monoisotopic (exact) mass is 368 g/mol. The maximum absolute atomic E-state index is 12.6. The minimum atomic E-state index is -0.389. The van der Waals surface area contributed by atoms with Crippen LogP contribution in [-0.4, -0.2) is 30.6 Å². The van der Waals surface area contributed by atoms with Crippen molar-refractivity contribution >= 4 is 17.3 Å². The van der Waals surface area contributed by atoms with Crippen LogP contribution in [0.25, 0.3) is 0 Å². The van der Waals surface area contributed by atoms with E-state index in [1.165, 1.54) is 12.1 Å². The molecule has 2 aromatic rings. The lowest BCUT2D eigenvalue weighted by Crippen LogP contribution is -2.37. The van der Waals surface area contributed by atoms with Crippen molar-refractivity contribution in [2.45, 2.75) is 25.7 Å². The van der Waals surface area contributed by atoms with E-state index in [4.69, 9.17) is 4.74 Å². The first-order chi connectivity index (χ1) is 13.1. The summed E-state index contributed by atoms with van der Waals surface area (Å²) in [7, 11) is 0. The number of hydrogen-bond donors (Lipinski definition) is 0. The highest BCUT2D eigenvalue weighted by Gasteiger charge is 2.33. The zero-order valence-electron chi connectivity index (χ0n) is 15.4. The van der Waals surface area contributed by atoms with Gasteiger partial charge in [-0.1, -0.05) is 30.3 Å². The summed E-state index contributed by atoms with van der Waals surface area (Å²) in [5.74, 6) is -0.177. The third kappa shape index (κ3) is 4.45. The van der Waals surface area contributed by atoms with Crippen molar-refractivity contribution in [2.75, 3.05) is 24.6 Å². The number of carbonyl (C=O) groups is 1. The molecular formula is C21H24N2O4. The maximum Gasteiger partial charge on any atom is 0.313 e. The van der Waals surface area contributed by atoms with Gasteiger partial charge in [-0.25, -0.2) is 0 Å². The number of piperidine rings is 1. The van der Waals surface area contributed by atoms with Gasteiger partial charge in [0, 0.05) is 30.9 Å². The summed E-state index contributed by atoms with van der Waals surface area (Å²) in [5.41, 5.74) is 2.08. The first-order valence-electron chi connectivity index (χ1n) is 9.31. The molecule has 0 N–H and O–H groups in total. The van der Waals surface area contributed by atoms with Gasteiger partial charge in [0.15, 0.2) is 0 Å². The van der Waals surface area contributed by atoms with Gasteiger partial charge in [-0.05, 0) is 43.4 Å². The summed E-state index contributed by atoms with van der Waals surface area (Å²) in [6.45, 7) is 3.83. The molecule has 0 saturated carbocycles. The second-order valence-electron chi connectivity index (χ2n) is 6.74. The van der Waals surface area contributed by atoms with Crippen LogP contribution in [0.5, 0.6) is 0 Å². The molecule has 1 aliphatic rings. The fraction of sp³-hybridized carbons (Fsp3) is 0.381. The first-order valence-corrected chi connectivity index (χ1v) is 9.31. The molecule has 142 valence electrons. The summed E-state index contributed by atoms with van der Waals surface area (Å²) in [6.07, 6.45) is 1.74. The second kappa shape index (κ2) is 8.66. The predicted molar refractivity (Wildman–Crippen MR) is 104 cm³/mol. The van der Waals surface area contributed by atoms with Crippen molar-refractivity contribution in [3.8, 4) is 0 Å². The van der Waals surface area contributed by atoms with Gasteiger partial charge < -0.3 is 9.64 Å². The molecule has 0 spiro atoms. The number of nitrogens with zero attached hydrogens (tertiary/aromatic N) is 2. The average molecular weight is 368 g/mol. The van der Waals surface area contributed by atoms with E-state index in [-0.39, 0.29) is 28.4 Å². The van der Waals surface area contributed by atoms with Crippen molar-refractivity contribution in [3.63, 3.8) is 0 Å². The van der Waals surface area contributed by atoms with Gasteiger partial charge in [-0.2, -0.15) is 0 Å². The molecule has 1 aliphatic heterocycles. The number of rotatable bonds is 6. The molecule has 3 rings (SSSR count). The lowest BCUT2D eigenvalue weighted by Gasteiger charge is -2.36. The van der Waals surface area contributed by atoms with Crippen molar-refractivity contribution in [1.82, 2.24) is 0 Å². The highest BCUT2D eigenvalue weighted by molar-refractivity contribution is 5.78. The maximum atomic E-state index is 12.6. The molecule has 0 aromatic heterocycles. The van der Waals surface area contributed by atoms with E-state index in [1.807, 2.05) is 37.3 Å². The zero-order valence-corrected chi connectivity index (χ0v) is 15.4. The summed E-state index contributed by atoms with van der Waals surface area (Å²) < 4.78 is 5.34. The SMILES string of the molecule is CCOC(=O)C(c1ccccc1)C1CCN(c2ccc([N+](=O)[O-])cc2)CC1. The molecule has 1 saturated heterocycles. The van der Waals surface area contributed by atoms with E-state index in [0.717, 1.165) is 37.2 Å². The number of hydrogen-bond acceptors (Lipinski definition) is 5. The van der Waals surface area contributed by atoms with Crippen LogP contribution in [0.3, 0.4) is 0 Å². The lowest BCUT2D eigenvalue weighted by molar-refractivity contribution is -0.384. The largest absolute Gasteiger partial charge is 0.466 e. The second-order valence-corrected chi connectivity index (χ2v) is 6.74. The number of nitro benzene ring substituents is 1. The molecule has 1 heterocycles. The standard InChI is InChI=1S/C21H24N2O4/c1-2-27-21(24)20(16-6-4-3-5-7-16)17-12-14-22(15-13-17)18-8-10-19(11-9-18)23(25)26/h3-11,17,20H,2,12-15H2,1H3. The summed E-state index contributed by atoms with van der Waals surface area (Å²) in [5, 5.41) is 10.8. The Bertz CT molecular complexity index is 769. The minimum Gasteiger partial charge on any atom is -0.466 e. The molecule has 2 aromatic carbocycles. The van der Waals surface area contributed by atoms with Gasteiger partial charge >= 0.3 is 5.97 Å². The Kier molecular flexibility index (Phi) is 6.06. The van der Waals surface area contributed by atoms with Crippen molar-refractivity contribution in [3.05, 3.63) is 70.3 Å². The van der Waals surface area contributed by atoms with E-state index in [9.17, 15) is 14.9 Å². The Morgan fingerprint density at radius 3 is 2.33 bits per heavy atom. The van der Waals surface area contributed by atoms with E-state index in [0.29, 0.717) is 6.61 Å². The lowest BCUT2D eigenvalue weighted by atomic mass is 9.80. The van der Waals surface area contributed by atoms with Gasteiger partial charge in [0.2, 0.25) is 0 Å². The normalized spacial score (nSPS) is 16.0. The predicted octanol–water partition coefficient (Wildman–Crippen LogP) is 4.16. The molecule has 1 fully saturated rings. The number of carbonyl (C=O) groups excluding carboxylic acids is 1. The molecule has 0 aliphatic carbocycles. The van der Waals surface area contributed by atoms with E-state index < -0.39 is 0 Å². The Morgan fingerprint density at radius 1 is 1.15 bits per heavy atom. The number of ether oxygens (including phenoxy) is 1. The first kappa shape index (κ1) is 18.9. The van der Waals surface area contributed by atoms with Crippen LogP contribution in [0.4, 0.5) is 11.4 Å². The van der Waals surface area contributed by atoms with Crippen LogP contribution >= 0.6 is 0 Å². The Labute approximate surface area is 158 Å². The Hall–Kier alpha value is -2.89. The van der Waals surface area contributed by atoms with Gasteiger partial charge in [0.1, 0.15) is 0 Å². The molecule has 1 atom stereocenters. The molecule has 0 amide bonds. The van der Waals surface area contributed by atoms with Crippen molar-refractivity contribution in [1.29, 1.82) is 0 Å². The number of anilines is 1. The molecule has 6 nitrogen and oxygen atoms in total. The number of nitro groups is 1. The summed E-state index contributed by atoms with van der Waals surface area (Å²) >= 11 is 0. The molecule has 0 bridgehead atoms.